The van der Waals surface area contributed by atoms with E-state index >= 15 is 0 Å². The molecule has 1 aromatic carbocycles. The van der Waals surface area contributed by atoms with E-state index in [1.54, 1.807) is 17.5 Å². The van der Waals surface area contributed by atoms with Crippen molar-refractivity contribution in [2.75, 3.05) is 13.2 Å². The number of para-hydroxylation sites is 1. The summed E-state index contributed by atoms with van der Waals surface area (Å²) in [5, 5.41) is 14.5. The van der Waals surface area contributed by atoms with Gasteiger partial charge in [0.15, 0.2) is 10.2 Å². The average Bonchev–Trinajstić information content (AvgIpc) is 3.49. The third kappa shape index (κ3) is 3.36. The molecule has 0 saturated carbocycles. The zero-order chi connectivity index (χ0) is 20.5. The molecule has 0 radical (unpaired) electrons. The van der Waals surface area contributed by atoms with Crippen LogP contribution in [0, 0.1) is 0 Å². The number of aliphatic hydroxyl groups excluding tert-OH is 1. The lowest BCUT2D eigenvalue weighted by Gasteiger charge is -2.28. The predicted molar refractivity (Wildman–Crippen MR) is 123 cm³/mol. The Morgan fingerprint density at radius 1 is 1.10 bits per heavy atom. The van der Waals surface area contributed by atoms with E-state index in [0.717, 1.165) is 26.7 Å². The molecular weight excluding hydrogens is 414 g/mol. The van der Waals surface area contributed by atoms with E-state index in [1.165, 1.54) is 0 Å². The third-order valence-electron chi connectivity index (χ3n) is 5.33. The summed E-state index contributed by atoms with van der Waals surface area (Å²) in [7, 11) is 0. The minimum absolute atomic E-state index is 0.0547. The second-order valence-electron chi connectivity index (χ2n) is 7.16. The number of aliphatic hydroxyl groups is 1. The van der Waals surface area contributed by atoms with Gasteiger partial charge in [-0.3, -0.25) is 9.55 Å². The fourth-order valence-corrected chi connectivity index (χ4v) is 5.28. The van der Waals surface area contributed by atoms with Gasteiger partial charge in [0.1, 0.15) is 0 Å². The lowest BCUT2D eigenvalue weighted by atomic mass is 10.0. The van der Waals surface area contributed by atoms with Gasteiger partial charge >= 0.3 is 0 Å². The van der Waals surface area contributed by atoms with E-state index in [2.05, 4.69) is 31.9 Å². The minimum Gasteiger partial charge on any atom is -0.396 e. The summed E-state index contributed by atoms with van der Waals surface area (Å²) < 4.78 is 3.30. The van der Waals surface area contributed by atoms with Crippen LogP contribution in [-0.2, 0) is 0 Å². The predicted octanol–water partition coefficient (Wildman–Crippen LogP) is 3.84. The molecule has 0 bridgehead atoms. The van der Waals surface area contributed by atoms with Crippen molar-refractivity contribution in [1.82, 2.24) is 24.8 Å². The highest BCUT2D eigenvalue weighted by Gasteiger charge is 2.41. The molecule has 3 aromatic heterocycles. The van der Waals surface area contributed by atoms with Crippen molar-refractivity contribution in [2.45, 2.75) is 18.5 Å². The molecule has 4 aromatic rings. The molecule has 1 aliphatic heterocycles. The SMILES string of the molecule is OCCCN1C(=S)NC(c2ccccn2)C1c1cccn1-c1nc2ccccc2s1. The Balaban J connectivity index is 1.60. The fraction of sp³-hybridized carbons (Fsp3) is 0.227. The highest BCUT2D eigenvalue weighted by Crippen LogP contribution is 2.40. The van der Waals surface area contributed by atoms with Gasteiger partial charge in [0, 0.05) is 25.5 Å². The molecule has 1 aliphatic rings. The number of rotatable bonds is 6. The first kappa shape index (κ1) is 19.2. The average molecular weight is 436 g/mol. The molecule has 2 N–H and O–H groups in total. The van der Waals surface area contributed by atoms with Gasteiger partial charge in [-0.25, -0.2) is 4.98 Å². The third-order valence-corrected chi connectivity index (χ3v) is 6.71. The summed E-state index contributed by atoms with van der Waals surface area (Å²) >= 11 is 7.35. The van der Waals surface area contributed by atoms with E-state index in [-0.39, 0.29) is 18.7 Å². The van der Waals surface area contributed by atoms with Crippen molar-refractivity contribution in [3.8, 4) is 5.13 Å². The molecule has 152 valence electrons. The molecule has 2 unspecified atom stereocenters. The van der Waals surface area contributed by atoms with Crippen LogP contribution in [0.3, 0.4) is 0 Å². The summed E-state index contributed by atoms with van der Waals surface area (Å²) in [6, 6.07) is 18.1. The highest BCUT2D eigenvalue weighted by molar-refractivity contribution is 7.80. The summed E-state index contributed by atoms with van der Waals surface area (Å²) in [5.41, 5.74) is 3.03. The van der Waals surface area contributed by atoms with E-state index in [1.807, 2.05) is 48.7 Å². The molecular formula is C22H21N5OS2. The largest absolute Gasteiger partial charge is 0.396 e. The van der Waals surface area contributed by atoms with Gasteiger partial charge in [-0.15, -0.1) is 0 Å². The van der Waals surface area contributed by atoms with Crippen LogP contribution in [0.4, 0.5) is 0 Å². The number of hydrogen-bond acceptors (Lipinski definition) is 5. The second kappa shape index (κ2) is 8.14. The van der Waals surface area contributed by atoms with Crippen LogP contribution in [-0.4, -0.2) is 42.8 Å². The lowest BCUT2D eigenvalue weighted by molar-refractivity contribution is 0.245. The van der Waals surface area contributed by atoms with Crippen molar-refractivity contribution in [1.29, 1.82) is 0 Å². The number of thiazole rings is 1. The Morgan fingerprint density at radius 2 is 1.97 bits per heavy atom. The Kier molecular flexibility index (Phi) is 5.20. The zero-order valence-electron chi connectivity index (χ0n) is 16.2. The van der Waals surface area contributed by atoms with E-state index in [9.17, 15) is 5.11 Å². The van der Waals surface area contributed by atoms with E-state index in [0.29, 0.717) is 18.1 Å². The van der Waals surface area contributed by atoms with Crippen LogP contribution >= 0.6 is 23.6 Å². The van der Waals surface area contributed by atoms with Crippen molar-refractivity contribution in [3.63, 3.8) is 0 Å². The number of pyridine rings is 1. The van der Waals surface area contributed by atoms with Gasteiger partial charge in [0.2, 0.25) is 0 Å². The smallest absolute Gasteiger partial charge is 0.194 e. The molecule has 4 heterocycles. The molecule has 1 fully saturated rings. The zero-order valence-corrected chi connectivity index (χ0v) is 17.8. The monoisotopic (exact) mass is 435 g/mol. The molecule has 0 amide bonds. The summed E-state index contributed by atoms with van der Waals surface area (Å²) in [5.74, 6) is 0. The molecule has 2 atom stereocenters. The van der Waals surface area contributed by atoms with Crippen LogP contribution in [0.15, 0.2) is 67.0 Å². The quantitative estimate of drug-likeness (QED) is 0.449. The van der Waals surface area contributed by atoms with Crippen LogP contribution < -0.4 is 5.32 Å². The van der Waals surface area contributed by atoms with Gasteiger partial charge in [0.05, 0.1) is 33.7 Å². The second-order valence-corrected chi connectivity index (χ2v) is 8.56. The maximum absolute atomic E-state index is 9.41. The molecule has 0 spiro atoms. The first-order valence-electron chi connectivity index (χ1n) is 9.88. The van der Waals surface area contributed by atoms with Crippen LogP contribution in [0.5, 0.6) is 0 Å². The number of aromatic nitrogens is 3. The Hall–Kier alpha value is -2.81. The van der Waals surface area contributed by atoms with Crippen LogP contribution in [0.25, 0.3) is 15.3 Å². The van der Waals surface area contributed by atoms with Gasteiger partial charge in [-0.1, -0.05) is 29.5 Å². The van der Waals surface area contributed by atoms with E-state index in [4.69, 9.17) is 17.2 Å². The standard InChI is InChI=1S/C22H21N5OS2/c28-14-6-13-27-20(19(25-21(27)29)16-8-3-4-11-23-16)17-9-5-12-26(17)22-24-15-7-1-2-10-18(15)30-22/h1-5,7-12,19-20,28H,6,13-14H2,(H,25,29). The number of thiocarbonyl (C=S) groups is 1. The molecule has 5 rings (SSSR count). The normalized spacial score (nSPS) is 18.8. The Morgan fingerprint density at radius 3 is 2.77 bits per heavy atom. The van der Waals surface area contributed by atoms with Gasteiger partial charge in [0.25, 0.3) is 0 Å². The Labute approximate surface area is 183 Å². The molecule has 8 heteroatoms. The lowest BCUT2D eigenvalue weighted by Crippen LogP contribution is -2.31. The van der Waals surface area contributed by atoms with E-state index < -0.39 is 0 Å². The fourth-order valence-electron chi connectivity index (χ4n) is 3.98. The van der Waals surface area contributed by atoms with Gasteiger partial charge in [-0.05, 0) is 55.0 Å². The number of fused-ring (bicyclic) bond motifs is 1. The summed E-state index contributed by atoms with van der Waals surface area (Å²) in [6.45, 7) is 0.792. The summed E-state index contributed by atoms with van der Waals surface area (Å²) in [6.07, 6.45) is 4.50. The molecule has 30 heavy (non-hydrogen) atoms. The van der Waals surface area contributed by atoms with Crippen molar-refractivity contribution >= 4 is 38.9 Å². The van der Waals surface area contributed by atoms with Crippen LogP contribution in [0.2, 0.25) is 0 Å². The van der Waals surface area contributed by atoms with Crippen molar-refractivity contribution in [2.24, 2.45) is 0 Å². The first-order valence-corrected chi connectivity index (χ1v) is 11.1. The topological polar surface area (TPSA) is 66.2 Å². The molecule has 1 saturated heterocycles. The maximum atomic E-state index is 9.41. The summed E-state index contributed by atoms with van der Waals surface area (Å²) in [4.78, 5) is 11.6. The number of nitrogens with zero attached hydrogens (tertiary/aromatic N) is 4. The van der Waals surface area contributed by atoms with Gasteiger partial charge in [-0.2, -0.15) is 0 Å². The van der Waals surface area contributed by atoms with Crippen LogP contribution in [0.1, 0.15) is 29.9 Å². The number of benzene rings is 1. The minimum atomic E-state index is -0.0829. The van der Waals surface area contributed by atoms with Crippen molar-refractivity contribution in [3.05, 3.63) is 78.4 Å². The van der Waals surface area contributed by atoms with Gasteiger partial charge < -0.3 is 15.3 Å². The first-order chi connectivity index (χ1) is 14.8. The number of nitrogens with one attached hydrogen (secondary N) is 1. The highest BCUT2D eigenvalue weighted by atomic mass is 32.1. The Bertz CT molecular complexity index is 1140. The number of hydrogen-bond donors (Lipinski definition) is 2. The molecule has 6 nitrogen and oxygen atoms in total. The van der Waals surface area contributed by atoms with Crippen molar-refractivity contribution < 1.29 is 5.11 Å². The maximum Gasteiger partial charge on any atom is 0.194 e. The molecule has 0 aliphatic carbocycles.